The fraction of sp³-hybridized carbons (Fsp3) is 0.692. The van der Waals surface area contributed by atoms with Crippen LogP contribution >= 0.6 is 0 Å². The van der Waals surface area contributed by atoms with Crippen LogP contribution in [0.5, 0.6) is 0 Å². The first-order valence-electron chi connectivity index (χ1n) is 6.73. The molecule has 1 aromatic rings. The van der Waals surface area contributed by atoms with Crippen LogP contribution in [0, 0.1) is 5.92 Å². The Labute approximate surface area is 114 Å². The highest BCUT2D eigenvalue weighted by molar-refractivity contribution is 5.88. The highest BCUT2D eigenvalue weighted by Crippen LogP contribution is 2.06. The Hall–Kier alpha value is -1.56. The van der Waals surface area contributed by atoms with Crippen molar-refractivity contribution >= 4 is 11.8 Å². The van der Waals surface area contributed by atoms with Crippen molar-refractivity contribution in [1.29, 1.82) is 0 Å². The fourth-order valence-electron chi connectivity index (χ4n) is 1.59. The average Bonchev–Trinajstić information content (AvgIpc) is 2.74. The highest BCUT2D eigenvalue weighted by atomic mass is 16.3. The Bertz CT molecular complexity index is 390. The van der Waals surface area contributed by atoms with Crippen LogP contribution in [0.1, 0.15) is 33.6 Å². The van der Waals surface area contributed by atoms with E-state index in [1.165, 1.54) is 0 Å². The van der Waals surface area contributed by atoms with Crippen LogP contribution in [0.3, 0.4) is 0 Å². The van der Waals surface area contributed by atoms with Crippen LogP contribution < -0.4 is 10.6 Å². The highest BCUT2D eigenvalue weighted by Gasteiger charge is 2.08. The third-order valence-electron chi connectivity index (χ3n) is 2.76. The molecule has 19 heavy (non-hydrogen) atoms. The normalized spacial score (nSPS) is 12.5. The third kappa shape index (κ3) is 6.24. The Balaban J connectivity index is 2.38. The van der Waals surface area contributed by atoms with E-state index >= 15 is 0 Å². The van der Waals surface area contributed by atoms with Gasteiger partial charge in [-0.15, -0.1) is 0 Å². The maximum atomic E-state index is 11.6. The van der Waals surface area contributed by atoms with E-state index in [1.54, 1.807) is 6.07 Å². The maximum absolute atomic E-state index is 11.6. The van der Waals surface area contributed by atoms with Gasteiger partial charge in [0.15, 0.2) is 5.82 Å². The topological polar surface area (TPSA) is 79.2 Å². The van der Waals surface area contributed by atoms with E-state index in [-0.39, 0.29) is 18.7 Å². The molecule has 1 rings (SSSR count). The molecule has 0 aliphatic carbocycles. The van der Waals surface area contributed by atoms with Crippen molar-refractivity contribution in [2.45, 2.75) is 46.2 Å². The summed E-state index contributed by atoms with van der Waals surface area (Å²) >= 11 is 0. The second-order valence-corrected chi connectivity index (χ2v) is 5.16. The van der Waals surface area contributed by atoms with E-state index in [1.807, 2.05) is 17.8 Å². The molecule has 0 fully saturated rings. The van der Waals surface area contributed by atoms with E-state index in [0.29, 0.717) is 18.2 Å². The minimum atomic E-state index is -0.296. The number of anilines is 1. The summed E-state index contributed by atoms with van der Waals surface area (Å²) in [6.07, 6.45) is 3.45. The first-order valence-corrected chi connectivity index (χ1v) is 6.73. The first kappa shape index (κ1) is 15.5. The number of nitrogens with one attached hydrogen (secondary N) is 2. The largest absolute Gasteiger partial charge is 0.396 e. The summed E-state index contributed by atoms with van der Waals surface area (Å²) in [6.45, 7) is 7.08. The summed E-state index contributed by atoms with van der Waals surface area (Å²) in [5.41, 5.74) is 0. The molecule has 2 amide bonds. The van der Waals surface area contributed by atoms with Crippen molar-refractivity contribution in [3.05, 3.63) is 12.3 Å². The number of hydrogen-bond acceptors (Lipinski definition) is 3. The summed E-state index contributed by atoms with van der Waals surface area (Å²) in [7, 11) is 0. The number of aliphatic hydroxyl groups excluding tert-OH is 1. The molecule has 0 aromatic carbocycles. The van der Waals surface area contributed by atoms with E-state index in [2.05, 4.69) is 29.6 Å². The van der Waals surface area contributed by atoms with Crippen LogP contribution in [0.15, 0.2) is 12.3 Å². The van der Waals surface area contributed by atoms with Gasteiger partial charge in [-0.1, -0.05) is 13.8 Å². The Morgan fingerprint density at radius 3 is 2.79 bits per heavy atom. The minimum absolute atomic E-state index is 0.0608. The summed E-state index contributed by atoms with van der Waals surface area (Å²) in [4.78, 5) is 11.6. The van der Waals surface area contributed by atoms with Crippen molar-refractivity contribution in [1.82, 2.24) is 15.1 Å². The maximum Gasteiger partial charge on any atom is 0.320 e. The van der Waals surface area contributed by atoms with Crippen molar-refractivity contribution in [3.63, 3.8) is 0 Å². The number of rotatable bonds is 7. The number of urea groups is 1. The smallest absolute Gasteiger partial charge is 0.320 e. The molecule has 6 nitrogen and oxygen atoms in total. The standard InChI is InChI=1S/C13H24N4O2/c1-10(2)4-7-17-8-5-12(16-17)15-13(19)14-11(3)6-9-18/h5,8,10-11,18H,4,6-7,9H2,1-3H3,(H2,14,15,16,19)/t11-/m1/s1. The number of carbonyl (C=O) groups is 1. The van der Waals surface area contributed by atoms with Gasteiger partial charge in [-0.25, -0.2) is 4.79 Å². The molecule has 0 radical (unpaired) electrons. The molecular formula is C13H24N4O2. The molecule has 0 aliphatic heterocycles. The van der Waals surface area contributed by atoms with Crippen LogP contribution in [-0.4, -0.2) is 33.6 Å². The molecule has 0 saturated heterocycles. The van der Waals surface area contributed by atoms with Crippen LogP contribution in [0.2, 0.25) is 0 Å². The van der Waals surface area contributed by atoms with Crippen molar-refractivity contribution in [2.75, 3.05) is 11.9 Å². The Morgan fingerprint density at radius 2 is 2.16 bits per heavy atom. The van der Waals surface area contributed by atoms with Crippen molar-refractivity contribution in [2.24, 2.45) is 5.92 Å². The van der Waals surface area contributed by atoms with Crippen LogP contribution in [0.25, 0.3) is 0 Å². The van der Waals surface area contributed by atoms with Gasteiger partial charge >= 0.3 is 6.03 Å². The molecule has 0 unspecified atom stereocenters. The number of aliphatic hydroxyl groups is 1. The van der Waals surface area contributed by atoms with Gasteiger partial charge in [0.1, 0.15) is 0 Å². The van der Waals surface area contributed by atoms with Gasteiger partial charge in [-0.05, 0) is 25.7 Å². The summed E-state index contributed by atoms with van der Waals surface area (Å²) in [5, 5.41) is 18.4. The number of nitrogens with zero attached hydrogens (tertiary/aromatic N) is 2. The second kappa shape index (κ2) is 7.78. The van der Waals surface area contributed by atoms with Crippen molar-refractivity contribution < 1.29 is 9.90 Å². The molecule has 0 spiro atoms. The minimum Gasteiger partial charge on any atom is -0.396 e. The number of carbonyl (C=O) groups excluding carboxylic acids is 1. The summed E-state index contributed by atoms with van der Waals surface area (Å²) in [5.74, 6) is 1.17. The van der Waals surface area contributed by atoms with Gasteiger partial charge in [0.2, 0.25) is 0 Å². The monoisotopic (exact) mass is 268 g/mol. The fourth-order valence-corrected chi connectivity index (χ4v) is 1.59. The quantitative estimate of drug-likeness (QED) is 0.705. The van der Waals surface area contributed by atoms with Crippen LogP contribution in [0.4, 0.5) is 10.6 Å². The van der Waals surface area contributed by atoms with Gasteiger partial charge in [0.25, 0.3) is 0 Å². The summed E-state index contributed by atoms with van der Waals surface area (Å²) in [6, 6.07) is 1.42. The lowest BCUT2D eigenvalue weighted by Crippen LogP contribution is -2.36. The molecule has 0 aliphatic rings. The van der Waals surface area contributed by atoms with Crippen molar-refractivity contribution in [3.8, 4) is 0 Å². The molecule has 1 atom stereocenters. The lowest BCUT2D eigenvalue weighted by molar-refractivity contribution is 0.241. The van der Waals surface area contributed by atoms with E-state index in [0.717, 1.165) is 13.0 Å². The zero-order valence-corrected chi connectivity index (χ0v) is 11.9. The predicted octanol–water partition coefficient (Wildman–Crippen LogP) is 1.82. The number of aromatic nitrogens is 2. The van der Waals surface area contributed by atoms with E-state index in [4.69, 9.17) is 5.11 Å². The zero-order valence-electron chi connectivity index (χ0n) is 11.9. The third-order valence-corrected chi connectivity index (χ3v) is 2.76. The average molecular weight is 268 g/mol. The lowest BCUT2D eigenvalue weighted by Gasteiger charge is -2.12. The molecule has 1 aromatic heterocycles. The van der Waals surface area contributed by atoms with Gasteiger partial charge in [0, 0.05) is 31.5 Å². The van der Waals surface area contributed by atoms with Gasteiger partial charge < -0.3 is 10.4 Å². The SMILES string of the molecule is CC(C)CCn1ccc(NC(=O)N[C@H](C)CCO)n1. The molecule has 0 bridgehead atoms. The molecule has 108 valence electrons. The lowest BCUT2D eigenvalue weighted by atomic mass is 10.1. The van der Waals surface area contributed by atoms with Gasteiger partial charge in [-0.3, -0.25) is 10.00 Å². The first-order chi connectivity index (χ1) is 9.01. The molecule has 1 heterocycles. The second-order valence-electron chi connectivity index (χ2n) is 5.16. The van der Waals surface area contributed by atoms with Gasteiger partial charge in [-0.2, -0.15) is 5.10 Å². The Morgan fingerprint density at radius 1 is 1.42 bits per heavy atom. The van der Waals surface area contributed by atoms with Gasteiger partial charge in [0.05, 0.1) is 0 Å². The number of hydrogen-bond donors (Lipinski definition) is 3. The molecule has 3 N–H and O–H groups in total. The van der Waals surface area contributed by atoms with Crippen LogP contribution in [-0.2, 0) is 6.54 Å². The molecular weight excluding hydrogens is 244 g/mol. The number of aryl methyl sites for hydroxylation is 1. The predicted molar refractivity (Wildman–Crippen MR) is 75.0 cm³/mol. The zero-order chi connectivity index (χ0) is 14.3. The number of amides is 2. The van der Waals surface area contributed by atoms with E-state index < -0.39 is 0 Å². The summed E-state index contributed by atoms with van der Waals surface area (Å²) < 4.78 is 1.83. The molecule has 0 saturated carbocycles. The van der Waals surface area contributed by atoms with E-state index in [9.17, 15) is 4.79 Å². The Kier molecular flexibility index (Phi) is 6.35. The molecule has 6 heteroatoms.